The molecule has 39 heavy (non-hydrogen) atoms. The van der Waals surface area contributed by atoms with Crippen LogP contribution in [0.15, 0.2) is 60.3 Å². The van der Waals surface area contributed by atoms with Crippen LogP contribution >= 0.6 is 43.2 Å². The fraction of sp³-hybridized carbons (Fsp3) is 0.321. The van der Waals surface area contributed by atoms with Crippen molar-refractivity contribution in [2.24, 2.45) is 4.99 Å². The molecule has 0 amide bonds. The zero-order chi connectivity index (χ0) is 28.4. The van der Waals surface area contributed by atoms with E-state index in [4.69, 9.17) is 18.9 Å². The van der Waals surface area contributed by atoms with E-state index in [2.05, 4.69) is 36.9 Å². The van der Waals surface area contributed by atoms with Crippen molar-refractivity contribution in [2.75, 3.05) is 20.8 Å². The van der Waals surface area contributed by atoms with Crippen LogP contribution in [0.3, 0.4) is 0 Å². The van der Waals surface area contributed by atoms with Gasteiger partial charge in [0.2, 0.25) is 0 Å². The van der Waals surface area contributed by atoms with Crippen molar-refractivity contribution in [1.82, 2.24) is 4.57 Å². The maximum Gasteiger partial charge on any atom is 0.338 e. The van der Waals surface area contributed by atoms with E-state index < -0.39 is 12.0 Å². The molecule has 4 rings (SSSR count). The van der Waals surface area contributed by atoms with Gasteiger partial charge in [0, 0.05) is 0 Å². The minimum atomic E-state index is -0.765. The van der Waals surface area contributed by atoms with E-state index in [-0.39, 0.29) is 18.3 Å². The van der Waals surface area contributed by atoms with Gasteiger partial charge in [-0.05, 0) is 101 Å². The number of hydrogen-bond acceptors (Lipinski definition) is 8. The number of hydrogen-bond donors (Lipinski definition) is 0. The van der Waals surface area contributed by atoms with E-state index in [1.165, 1.54) is 11.3 Å². The standard InChI is InChI=1S/C28H28Br2N2O6S/c1-7-37-27(34)23-15(4)31-28-32(24(23)17-8-9-20(38-14(2)3)21(13-17)35-5)26(33)22(39-28)12-16-10-18(29)25(36-6)19(30)11-16/h8-14,24H,7H2,1-6H3/b22-12-/t24-/m1/s1. The summed E-state index contributed by atoms with van der Waals surface area (Å²) in [5, 5.41) is 0. The van der Waals surface area contributed by atoms with Gasteiger partial charge < -0.3 is 18.9 Å². The number of carbonyl (C=O) groups is 1. The summed E-state index contributed by atoms with van der Waals surface area (Å²) >= 11 is 8.28. The number of nitrogens with zero attached hydrogens (tertiary/aromatic N) is 2. The van der Waals surface area contributed by atoms with E-state index in [1.54, 1.807) is 50.8 Å². The molecule has 0 saturated heterocycles. The van der Waals surface area contributed by atoms with Gasteiger partial charge in [0.15, 0.2) is 16.3 Å². The summed E-state index contributed by atoms with van der Waals surface area (Å²) in [4.78, 5) is 32.2. The molecule has 0 N–H and O–H groups in total. The van der Waals surface area contributed by atoms with Gasteiger partial charge in [0.05, 0.1) is 57.7 Å². The highest BCUT2D eigenvalue weighted by Crippen LogP contribution is 2.37. The van der Waals surface area contributed by atoms with Gasteiger partial charge in [-0.2, -0.15) is 0 Å². The lowest BCUT2D eigenvalue weighted by molar-refractivity contribution is -0.139. The predicted molar refractivity (Wildman–Crippen MR) is 158 cm³/mol. The molecule has 206 valence electrons. The Hall–Kier alpha value is -2.89. The first-order valence-electron chi connectivity index (χ1n) is 12.2. The number of benzene rings is 2. The summed E-state index contributed by atoms with van der Waals surface area (Å²) in [6.07, 6.45) is 1.73. The van der Waals surface area contributed by atoms with Crippen molar-refractivity contribution in [3.05, 3.63) is 81.4 Å². The molecule has 0 unspecified atom stereocenters. The van der Waals surface area contributed by atoms with Crippen LogP contribution in [0.1, 0.15) is 44.9 Å². The number of ether oxygens (including phenoxy) is 4. The first-order chi connectivity index (χ1) is 18.6. The molecule has 0 bridgehead atoms. The zero-order valence-electron chi connectivity index (χ0n) is 22.3. The molecule has 2 aromatic carbocycles. The maximum atomic E-state index is 13.9. The molecular formula is C28H28Br2N2O6S. The number of esters is 1. The lowest BCUT2D eigenvalue weighted by atomic mass is 9.95. The minimum Gasteiger partial charge on any atom is -0.494 e. The number of rotatable bonds is 8. The Labute approximate surface area is 246 Å². The summed E-state index contributed by atoms with van der Waals surface area (Å²) < 4.78 is 25.8. The van der Waals surface area contributed by atoms with Crippen LogP contribution in [-0.2, 0) is 9.53 Å². The Morgan fingerprint density at radius 1 is 1.13 bits per heavy atom. The second-order valence-corrected chi connectivity index (χ2v) is 11.6. The van der Waals surface area contributed by atoms with Gasteiger partial charge in [-0.3, -0.25) is 9.36 Å². The molecule has 1 aliphatic rings. The quantitative estimate of drug-likeness (QED) is 0.307. The average Bonchev–Trinajstić information content (AvgIpc) is 3.17. The number of methoxy groups -OCH3 is 2. The fourth-order valence-corrected chi connectivity index (χ4v) is 6.91. The number of aromatic nitrogens is 1. The van der Waals surface area contributed by atoms with E-state index in [1.807, 2.05) is 32.0 Å². The number of thiazole rings is 1. The molecule has 1 aromatic heterocycles. The van der Waals surface area contributed by atoms with Crippen molar-refractivity contribution in [3.8, 4) is 17.2 Å². The Balaban J connectivity index is 1.94. The van der Waals surface area contributed by atoms with Crippen LogP contribution < -0.4 is 29.1 Å². The fourth-order valence-electron chi connectivity index (χ4n) is 4.32. The summed E-state index contributed by atoms with van der Waals surface area (Å²) in [7, 11) is 3.14. The smallest absolute Gasteiger partial charge is 0.338 e. The lowest BCUT2D eigenvalue weighted by Gasteiger charge is -2.25. The highest BCUT2D eigenvalue weighted by atomic mass is 79.9. The van der Waals surface area contributed by atoms with Gasteiger partial charge in [-0.1, -0.05) is 17.4 Å². The first kappa shape index (κ1) is 29.1. The lowest BCUT2D eigenvalue weighted by Crippen LogP contribution is -2.40. The largest absolute Gasteiger partial charge is 0.494 e. The van der Waals surface area contributed by atoms with Crippen LogP contribution in [-0.4, -0.2) is 37.5 Å². The van der Waals surface area contributed by atoms with Gasteiger partial charge in [0.1, 0.15) is 5.75 Å². The van der Waals surface area contributed by atoms with Crippen LogP contribution in [0, 0.1) is 0 Å². The molecule has 0 radical (unpaired) electrons. The highest BCUT2D eigenvalue weighted by Gasteiger charge is 2.34. The van der Waals surface area contributed by atoms with Crippen LogP contribution in [0.5, 0.6) is 17.2 Å². The van der Waals surface area contributed by atoms with Crippen LogP contribution in [0.4, 0.5) is 0 Å². The first-order valence-corrected chi connectivity index (χ1v) is 14.6. The van der Waals surface area contributed by atoms with E-state index in [0.29, 0.717) is 43.4 Å². The van der Waals surface area contributed by atoms with Gasteiger partial charge in [0.25, 0.3) is 5.56 Å². The Bertz CT molecular complexity index is 1620. The monoisotopic (exact) mass is 678 g/mol. The molecule has 11 heteroatoms. The second-order valence-electron chi connectivity index (χ2n) is 8.90. The highest BCUT2D eigenvalue weighted by molar-refractivity contribution is 9.11. The SMILES string of the molecule is CCOC(=O)C1=C(C)N=c2s/c(=C\c3cc(Br)c(OC)c(Br)c3)c(=O)n2[C@@H]1c1ccc(OC(C)C)c(OC)c1. The van der Waals surface area contributed by atoms with Crippen LogP contribution in [0.2, 0.25) is 0 Å². The number of allylic oxidation sites excluding steroid dienone is 1. The summed E-state index contributed by atoms with van der Waals surface area (Å²) in [6.45, 7) is 7.54. The third-order valence-corrected chi connectivity index (χ3v) is 8.07. The minimum absolute atomic E-state index is 0.0577. The molecule has 0 fully saturated rings. The van der Waals surface area contributed by atoms with E-state index in [0.717, 1.165) is 14.5 Å². The maximum absolute atomic E-state index is 13.9. The van der Waals surface area contributed by atoms with Crippen molar-refractivity contribution in [2.45, 2.75) is 39.8 Å². The van der Waals surface area contributed by atoms with Gasteiger partial charge in [-0.25, -0.2) is 9.79 Å². The Morgan fingerprint density at radius 2 is 1.82 bits per heavy atom. The Kier molecular flexibility index (Phi) is 9.03. The number of fused-ring (bicyclic) bond motifs is 1. The third-order valence-electron chi connectivity index (χ3n) is 5.91. The molecule has 8 nitrogen and oxygen atoms in total. The summed E-state index contributed by atoms with van der Waals surface area (Å²) in [5.41, 5.74) is 1.97. The molecule has 0 aliphatic carbocycles. The predicted octanol–water partition coefficient (Wildman–Crippen LogP) is 5.13. The second kappa shape index (κ2) is 12.1. The molecular weight excluding hydrogens is 652 g/mol. The molecule has 1 aliphatic heterocycles. The normalized spacial score (nSPS) is 15.2. The van der Waals surface area contributed by atoms with E-state index in [9.17, 15) is 9.59 Å². The molecule has 0 saturated carbocycles. The van der Waals surface area contributed by atoms with Crippen molar-refractivity contribution in [3.63, 3.8) is 0 Å². The van der Waals surface area contributed by atoms with Gasteiger partial charge >= 0.3 is 5.97 Å². The third kappa shape index (κ3) is 5.85. The zero-order valence-corrected chi connectivity index (χ0v) is 26.3. The molecule has 2 heterocycles. The topological polar surface area (TPSA) is 88.4 Å². The van der Waals surface area contributed by atoms with Crippen LogP contribution in [0.25, 0.3) is 6.08 Å². The Morgan fingerprint density at radius 3 is 2.41 bits per heavy atom. The number of carbonyl (C=O) groups excluding carboxylic acids is 1. The number of halogens is 2. The van der Waals surface area contributed by atoms with Crippen molar-refractivity contribution >= 4 is 55.2 Å². The van der Waals surface area contributed by atoms with Crippen molar-refractivity contribution in [1.29, 1.82) is 0 Å². The summed E-state index contributed by atoms with van der Waals surface area (Å²) in [6, 6.07) is 8.38. The van der Waals surface area contributed by atoms with Gasteiger partial charge in [-0.15, -0.1) is 0 Å². The summed E-state index contributed by atoms with van der Waals surface area (Å²) in [5.74, 6) is 1.19. The molecule has 3 aromatic rings. The molecule has 1 atom stereocenters. The van der Waals surface area contributed by atoms with E-state index >= 15 is 0 Å². The van der Waals surface area contributed by atoms with Crippen molar-refractivity contribution < 1.29 is 23.7 Å². The molecule has 0 spiro atoms. The average molecular weight is 680 g/mol.